The molecule has 0 saturated carbocycles. The molecule has 1 amide bonds. The molecule has 5 rings (SSSR count). The van der Waals surface area contributed by atoms with Crippen LogP contribution in [0.2, 0.25) is 0 Å². The molecular weight excluding hydrogens is 396 g/mol. The predicted molar refractivity (Wildman–Crippen MR) is 119 cm³/mol. The summed E-state index contributed by atoms with van der Waals surface area (Å²) in [7, 11) is 0. The molecule has 2 aliphatic rings. The molecule has 0 radical (unpaired) electrons. The molecule has 6 heteroatoms. The molecule has 3 aromatic rings. The Hall–Kier alpha value is -2.41. The topological polar surface area (TPSA) is 55.4 Å². The molecule has 2 aliphatic heterocycles. The number of thiophene rings is 1. The highest BCUT2D eigenvalue weighted by atomic mass is 32.1. The summed E-state index contributed by atoms with van der Waals surface area (Å²) in [6, 6.07) is 16.5. The molecule has 1 saturated heterocycles. The zero-order valence-electron chi connectivity index (χ0n) is 17.0. The molecule has 1 unspecified atom stereocenters. The van der Waals surface area contributed by atoms with Gasteiger partial charge in [-0.3, -0.25) is 10.2 Å². The first-order valence-electron chi connectivity index (χ1n) is 10.7. The van der Waals surface area contributed by atoms with Gasteiger partial charge in [-0.25, -0.2) is 4.79 Å². The molecule has 5 nitrogen and oxygen atoms in total. The molecule has 2 aromatic carbocycles. The molecule has 0 bridgehead atoms. The third kappa shape index (κ3) is 4.36. The number of ether oxygens (including phenoxy) is 2. The molecule has 0 spiro atoms. The molecule has 2 N–H and O–H groups in total. The van der Waals surface area contributed by atoms with Gasteiger partial charge in [0.25, 0.3) is 0 Å². The summed E-state index contributed by atoms with van der Waals surface area (Å²) in [5, 5.41) is 3.09. The summed E-state index contributed by atoms with van der Waals surface area (Å²) in [5.41, 5.74) is 1.18. The monoisotopic (exact) mass is 423 g/mol. The van der Waals surface area contributed by atoms with Crippen LogP contribution in [-0.4, -0.2) is 49.7 Å². The normalized spacial score (nSPS) is 17.3. The summed E-state index contributed by atoms with van der Waals surface area (Å²) in [6.07, 6.45) is 3.33. The van der Waals surface area contributed by atoms with E-state index in [0.29, 0.717) is 13.2 Å². The van der Waals surface area contributed by atoms with E-state index in [-0.39, 0.29) is 11.9 Å². The molecule has 30 heavy (non-hydrogen) atoms. The van der Waals surface area contributed by atoms with Gasteiger partial charge in [-0.1, -0.05) is 24.3 Å². The molecule has 3 heterocycles. The summed E-state index contributed by atoms with van der Waals surface area (Å²) in [4.78, 5) is 16.4. The predicted octanol–water partition coefficient (Wildman–Crippen LogP) is 3.08. The Kier molecular flexibility index (Phi) is 5.71. The van der Waals surface area contributed by atoms with Crippen LogP contribution < -0.4 is 14.8 Å². The number of hydrogen-bond acceptors (Lipinski definition) is 5. The molecule has 1 atom stereocenters. The van der Waals surface area contributed by atoms with Gasteiger partial charge >= 0.3 is 5.91 Å². The zero-order valence-corrected chi connectivity index (χ0v) is 17.8. The van der Waals surface area contributed by atoms with Crippen molar-refractivity contribution < 1.29 is 19.6 Å². The maximum absolute atomic E-state index is 13.1. The lowest BCUT2D eigenvalue weighted by molar-refractivity contribution is -0.594. The maximum atomic E-state index is 13.1. The van der Waals surface area contributed by atoms with E-state index < -0.39 is 0 Å². The second-order valence-corrected chi connectivity index (χ2v) is 9.21. The van der Waals surface area contributed by atoms with E-state index in [2.05, 4.69) is 29.2 Å². The number of benzene rings is 2. The number of quaternary nitrogens is 1. The maximum Gasteiger partial charge on any atom is 0.352 e. The second-order valence-electron chi connectivity index (χ2n) is 8.13. The smallest absolute Gasteiger partial charge is 0.352 e. The number of carbonyl (C=O) groups excluding carboxylic acids is 1. The third-order valence-corrected chi connectivity index (χ3v) is 6.98. The van der Waals surface area contributed by atoms with Gasteiger partial charge in [0.1, 0.15) is 24.1 Å². The Morgan fingerprint density at radius 1 is 1.03 bits per heavy atom. The van der Waals surface area contributed by atoms with Crippen LogP contribution in [0.1, 0.15) is 28.1 Å². The van der Waals surface area contributed by atoms with Crippen molar-refractivity contribution in [1.29, 1.82) is 0 Å². The summed E-state index contributed by atoms with van der Waals surface area (Å²) >= 11 is 1.58. The highest BCUT2D eigenvalue weighted by Crippen LogP contribution is 2.31. The van der Waals surface area contributed by atoms with Gasteiger partial charge in [0.05, 0.1) is 6.54 Å². The fourth-order valence-electron chi connectivity index (χ4n) is 4.39. The number of hydrogen-bond donors (Lipinski definition) is 1. The quantitative estimate of drug-likeness (QED) is 0.662. The number of amides is 1. The van der Waals surface area contributed by atoms with Crippen molar-refractivity contribution >= 4 is 27.3 Å². The molecule has 1 fully saturated rings. The van der Waals surface area contributed by atoms with E-state index in [4.69, 9.17) is 9.47 Å². The van der Waals surface area contributed by atoms with E-state index in [0.717, 1.165) is 52.5 Å². The van der Waals surface area contributed by atoms with E-state index >= 15 is 0 Å². The Bertz CT molecular complexity index is 1010. The van der Waals surface area contributed by atoms with Gasteiger partial charge in [-0.05, 0) is 61.1 Å². The Labute approximate surface area is 180 Å². The van der Waals surface area contributed by atoms with Crippen molar-refractivity contribution in [2.24, 2.45) is 0 Å². The molecule has 1 aromatic heterocycles. The minimum absolute atomic E-state index is 0.137. The van der Waals surface area contributed by atoms with Gasteiger partial charge in [-0.15, -0.1) is 11.3 Å². The van der Waals surface area contributed by atoms with E-state index in [1.807, 2.05) is 29.6 Å². The van der Waals surface area contributed by atoms with Crippen molar-refractivity contribution in [2.75, 3.05) is 32.8 Å². The summed E-state index contributed by atoms with van der Waals surface area (Å²) < 4.78 is 12.6. The van der Waals surface area contributed by atoms with Crippen LogP contribution in [0.25, 0.3) is 10.1 Å². The second kappa shape index (κ2) is 8.76. The van der Waals surface area contributed by atoms with Crippen LogP contribution in [0.5, 0.6) is 11.5 Å². The van der Waals surface area contributed by atoms with Crippen LogP contribution >= 0.6 is 11.3 Å². The van der Waals surface area contributed by atoms with Crippen molar-refractivity contribution in [1.82, 2.24) is 4.90 Å². The van der Waals surface area contributed by atoms with Crippen LogP contribution in [-0.2, 0) is 6.42 Å². The number of nitrogens with zero attached hydrogens (tertiary/aromatic N) is 1. The average molecular weight is 424 g/mol. The van der Waals surface area contributed by atoms with Gasteiger partial charge in [0.2, 0.25) is 0 Å². The molecule has 156 valence electrons. The van der Waals surface area contributed by atoms with Crippen molar-refractivity contribution in [3.63, 3.8) is 0 Å². The van der Waals surface area contributed by atoms with Crippen LogP contribution in [0.4, 0.5) is 0 Å². The lowest BCUT2D eigenvalue weighted by atomic mass is 10.0. The SMILES string of the molecule is O=C([NH2+]C(Cc1ccc2c(c1)OCCO2)CN1CCCC1)c1cc2ccccc2s1. The number of nitrogens with two attached hydrogens (primary N) is 1. The van der Waals surface area contributed by atoms with Gasteiger partial charge < -0.3 is 9.47 Å². The van der Waals surface area contributed by atoms with Gasteiger partial charge in [-0.2, -0.15) is 0 Å². The Balaban J connectivity index is 1.33. The van der Waals surface area contributed by atoms with Gasteiger partial charge in [0.15, 0.2) is 11.5 Å². The van der Waals surface area contributed by atoms with Crippen molar-refractivity contribution in [2.45, 2.75) is 25.3 Å². The largest absolute Gasteiger partial charge is 0.486 e. The van der Waals surface area contributed by atoms with Crippen LogP contribution in [0, 0.1) is 0 Å². The van der Waals surface area contributed by atoms with E-state index in [1.54, 1.807) is 11.3 Å². The number of rotatable bonds is 6. The number of primary amides is 1. The number of fused-ring (bicyclic) bond motifs is 2. The number of likely N-dealkylation sites (tertiary alicyclic amines) is 1. The van der Waals surface area contributed by atoms with Crippen LogP contribution in [0.3, 0.4) is 0 Å². The van der Waals surface area contributed by atoms with Gasteiger partial charge in [0, 0.05) is 11.1 Å². The standard InChI is InChI=1S/C24H26N2O3S/c27-24(23-15-18-5-1-2-6-22(18)30-23)25-19(16-26-9-3-4-10-26)13-17-7-8-20-21(14-17)29-12-11-28-20/h1-2,5-8,14-15,19H,3-4,9-13,16H2,(H,25,27)/p+1. The lowest BCUT2D eigenvalue weighted by Gasteiger charge is -2.22. The van der Waals surface area contributed by atoms with Crippen LogP contribution in [0.15, 0.2) is 48.5 Å². The average Bonchev–Trinajstić information content (AvgIpc) is 3.43. The lowest BCUT2D eigenvalue weighted by Crippen LogP contribution is -2.95. The molecule has 0 aliphatic carbocycles. The zero-order chi connectivity index (χ0) is 20.3. The first kappa shape index (κ1) is 19.5. The minimum Gasteiger partial charge on any atom is -0.486 e. The summed E-state index contributed by atoms with van der Waals surface area (Å²) in [6.45, 7) is 4.36. The fourth-order valence-corrected chi connectivity index (χ4v) is 5.37. The van der Waals surface area contributed by atoms with Crippen molar-refractivity contribution in [3.05, 3.63) is 59.0 Å². The fraction of sp³-hybridized carbons (Fsp3) is 0.375. The number of carbonyl (C=O) groups is 1. The van der Waals surface area contributed by atoms with Crippen molar-refractivity contribution in [3.8, 4) is 11.5 Å². The molecular formula is C24H27N2O3S+. The minimum atomic E-state index is 0.137. The first-order chi connectivity index (χ1) is 14.7. The first-order valence-corrected chi connectivity index (χ1v) is 11.5. The van der Waals surface area contributed by atoms with E-state index in [9.17, 15) is 4.79 Å². The summed E-state index contributed by atoms with van der Waals surface area (Å²) in [5.74, 6) is 1.76. The third-order valence-electron chi connectivity index (χ3n) is 5.85. The highest BCUT2D eigenvalue weighted by molar-refractivity contribution is 7.20. The highest BCUT2D eigenvalue weighted by Gasteiger charge is 2.25. The Morgan fingerprint density at radius 2 is 1.83 bits per heavy atom. The Morgan fingerprint density at radius 3 is 2.67 bits per heavy atom. The van der Waals surface area contributed by atoms with E-state index in [1.165, 1.54) is 18.4 Å².